The quantitative estimate of drug-likeness (QED) is 0.464. The summed E-state index contributed by atoms with van der Waals surface area (Å²) in [4.78, 5) is 62.8. The van der Waals surface area contributed by atoms with Crippen LogP contribution in [-0.2, 0) is 24.6 Å². The number of methoxy groups -OCH3 is 2. The molecule has 0 spiro atoms. The Morgan fingerprint density at radius 2 is 1.79 bits per heavy atom. The molecular weight excluding hydrogens is 476 g/mol. The number of nitrogens with zero attached hydrogens (tertiary/aromatic N) is 1. The number of ether oxygens (including phenoxy) is 2. The summed E-state index contributed by atoms with van der Waals surface area (Å²) in [6.07, 6.45) is 0. The minimum Gasteiger partial charge on any atom is -0.465 e. The van der Waals surface area contributed by atoms with Crippen molar-refractivity contribution in [2.45, 2.75) is 19.4 Å². The molecule has 0 aliphatic carbocycles. The van der Waals surface area contributed by atoms with E-state index < -0.39 is 59.1 Å². The summed E-state index contributed by atoms with van der Waals surface area (Å²) >= 11 is 0.748. The lowest BCUT2D eigenvalue weighted by molar-refractivity contribution is -0.133. The average molecular weight is 495 g/mol. The summed E-state index contributed by atoms with van der Waals surface area (Å²) < 4.78 is 37.3. The molecule has 2 aromatic rings. The highest BCUT2D eigenvalue weighted by Gasteiger charge is 2.51. The van der Waals surface area contributed by atoms with Gasteiger partial charge in [-0.1, -0.05) is 0 Å². The molecule has 13 heteroatoms. The van der Waals surface area contributed by atoms with Gasteiger partial charge in [0.1, 0.15) is 33.6 Å². The molecule has 1 aliphatic heterocycles. The van der Waals surface area contributed by atoms with Gasteiger partial charge in [0.25, 0.3) is 5.91 Å². The Bertz CT molecular complexity index is 1230. The summed E-state index contributed by atoms with van der Waals surface area (Å²) in [5, 5.41) is 4.61. The second-order valence-electron chi connectivity index (χ2n) is 7.36. The number of halogens is 2. The Kier molecular flexibility index (Phi) is 6.68. The summed E-state index contributed by atoms with van der Waals surface area (Å²) in [6.45, 7) is 1.84. The number of carbonyl (C=O) groups excluding carboxylic acids is 5. The molecule has 1 aromatic heterocycles. The van der Waals surface area contributed by atoms with E-state index in [-0.39, 0.29) is 21.0 Å². The lowest BCUT2D eigenvalue weighted by atomic mass is 9.91. The van der Waals surface area contributed by atoms with Crippen molar-refractivity contribution in [3.05, 3.63) is 51.4 Å². The molecule has 1 saturated heterocycles. The summed E-state index contributed by atoms with van der Waals surface area (Å²) in [5.74, 6) is -5.19. The fraction of sp³-hybridized carbons (Fsp3) is 0.286. The number of rotatable bonds is 6. The molecule has 0 radical (unpaired) electrons. The van der Waals surface area contributed by atoms with Crippen molar-refractivity contribution >= 4 is 46.1 Å². The molecule has 1 aromatic carbocycles. The molecule has 2 heterocycles. The molecule has 4 amide bonds. The largest absolute Gasteiger partial charge is 0.465 e. The van der Waals surface area contributed by atoms with Crippen LogP contribution in [0.3, 0.4) is 0 Å². The van der Waals surface area contributed by atoms with Gasteiger partial charge in [0.2, 0.25) is 5.91 Å². The third kappa shape index (κ3) is 4.21. The Balaban J connectivity index is 1.86. The van der Waals surface area contributed by atoms with Crippen molar-refractivity contribution in [1.29, 1.82) is 0 Å². The molecule has 1 fully saturated rings. The van der Waals surface area contributed by atoms with Gasteiger partial charge >= 0.3 is 18.0 Å². The van der Waals surface area contributed by atoms with Crippen LogP contribution in [0.2, 0.25) is 0 Å². The first-order chi connectivity index (χ1) is 15.9. The number of anilines is 1. The first kappa shape index (κ1) is 24.8. The molecule has 3 rings (SSSR count). The van der Waals surface area contributed by atoms with Gasteiger partial charge in [0, 0.05) is 5.56 Å². The van der Waals surface area contributed by atoms with E-state index >= 15 is 0 Å². The predicted molar refractivity (Wildman–Crippen MR) is 114 cm³/mol. The van der Waals surface area contributed by atoms with Crippen LogP contribution in [0.15, 0.2) is 18.2 Å². The lowest BCUT2D eigenvalue weighted by Crippen LogP contribution is -2.42. The van der Waals surface area contributed by atoms with Gasteiger partial charge in [0.15, 0.2) is 0 Å². The predicted octanol–water partition coefficient (Wildman–Crippen LogP) is 2.31. The smallest absolute Gasteiger partial charge is 0.348 e. The fourth-order valence-corrected chi connectivity index (χ4v) is 4.58. The molecule has 0 unspecified atom stereocenters. The Morgan fingerprint density at radius 3 is 2.41 bits per heavy atom. The Labute approximate surface area is 195 Å². The van der Waals surface area contributed by atoms with Crippen LogP contribution in [0, 0.1) is 18.6 Å². The van der Waals surface area contributed by atoms with Crippen molar-refractivity contribution < 1.29 is 42.2 Å². The molecule has 0 saturated carbocycles. The van der Waals surface area contributed by atoms with Crippen LogP contribution in [0.4, 0.5) is 18.6 Å². The maximum atomic E-state index is 14.3. The summed E-state index contributed by atoms with van der Waals surface area (Å²) in [6, 6.07) is 1.45. The molecule has 180 valence electrons. The standard InChI is InChI=1S/C21H19F2N3O7S/c1-9-14(17(28)32-3)16(34-15(9)18(29)33-4)24-13(27)8-26-19(30)21(2,25-20(26)31)11-7-10(22)5-6-12(11)23/h5-7H,8H2,1-4H3,(H,24,27)(H,25,31)/t21-/m1/s1. The van der Waals surface area contributed by atoms with Crippen LogP contribution < -0.4 is 10.6 Å². The molecule has 2 N–H and O–H groups in total. The number of amides is 4. The van der Waals surface area contributed by atoms with Crippen molar-refractivity contribution in [3.63, 3.8) is 0 Å². The number of hydrogen-bond donors (Lipinski definition) is 2. The van der Waals surface area contributed by atoms with Gasteiger partial charge in [-0.2, -0.15) is 0 Å². The zero-order valence-electron chi connectivity index (χ0n) is 18.4. The topological polar surface area (TPSA) is 131 Å². The highest BCUT2D eigenvalue weighted by Crippen LogP contribution is 2.35. The van der Waals surface area contributed by atoms with Gasteiger partial charge in [-0.25, -0.2) is 23.2 Å². The van der Waals surface area contributed by atoms with E-state index in [2.05, 4.69) is 15.4 Å². The Hall–Kier alpha value is -3.87. The van der Waals surface area contributed by atoms with Crippen molar-refractivity contribution in [1.82, 2.24) is 10.2 Å². The number of thiophene rings is 1. The van der Waals surface area contributed by atoms with Crippen LogP contribution in [0.5, 0.6) is 0 Å². The summed E-state index contributed by atoms with van der Waals surface area (Å²) in [5.41, 5.74) is -2.23. The molecule has 0 bridgehead atoms. The van der Waals surface area contributed by atoms with Gasteiger partial charge < -0.3 is 20.1 Å². The first-order valence-electron chi connectivity index (χ1n) is 9.64. The van der Waals surface area contributed by atoms with E-state index in [0.29, 0.717) is 4.90 Å². The van der Waals surface area contributed by atoms with Gasteiger partial charge in [-0.3, -0.25) is 14.5 Å². The molecule has 1 atom stereocenters. The third-order valence-corrected chi connectivity index (χ3v) is 6.39. The SMILES string of the molecule is COC(=O)c1sc(NC(=O)CN2C(=O)N[C@](C)(c3cc(F)ccc3F)C2=O)c(C(=O)OC)c1C. The maximum absolute atomic E-state index is 14.3. The number of carbonyl (C=O) groups is 5. The zero-order chi connectivity index (χ0) is 25.4. The molecule has 10 nitrogen and oxygen atoms in total. The molecular formula is C21H19F2N3O7S. The van der Waals surface area contributed by atoms with Crippen molar-refractivity contribution in [2.24, 2.45) is 0 Å². The number of imide groups is 1. The van der Waals surface area contributed by atoms with E-state index in [1.54, 1.807) is 0 Å². The average Bonchev–Trinajstić information content (AvgIpc) is 3.22. The van der Waals surface area contributed by atoms with Crippen LogP contribution in [0.1, 0.15) is 38.1 Å². The molecule has 1 aliphatic rings. The number of hydrogen-bond acceptors (Lipinski definition) is 8. The normalized spacial score (nSPS) is 17.4. The fourth-order valence-electron chi connectivity index (χ4n) is 3.45. The van der Waals surface area contributed by atoms with Gasteiger partial charge in [-0.15, -0.1) is 11.3 Å². The van der Waals surface area contributed by atoms with Gasteiger partial charge in [-0.05, 0) is 37.6 Å². The lowest BCUT2D eigenvalue weighted by Gasteiger charge is -2.22. The maximum Gasteiger partial charge on any atom is 0.348 e. The van der Waals surface area contributed by atoms with Crippen LogP contribution in [-0.4, -0.2) is 55.4 Å². The minimum absolute atomic E-state index is 0.0438. The monoisotopic (exact) mass is 495 g/mol. The zero-order valence-corrected chi connectivity index (χ0v) is 19.2. The van der Waals surface area contributed by atoms with Crippen molar-refractivity contribution in [3.8, 4) is 0 Å². The summed E-state index contributed by atoms with van der Waals surface area (Å²) in [7, 11) is 2.26. The third-order valence-electron chi connectivity index (χ3n) is 5.20. The minimum atomic E-state index is -1.95. The van der Waals surface area contributed by atoms with E-state index in [1.165, 1.54) is 13.8 Å². The van der Waals surface area contributed by atoms with E-state index in [0.717, 1.165) is 43.8 Å². The second kappa shape index (κ2) is 9.17. The van der Waals surface area contributed by atoms with E-state index in [4.69, 9.17) is 4.74 Å². The first-order valence-corrected chi connectivity index (χ1v) is 10.5. The van der Waals surface area contributed by atoms with Gasteiger partial charge in [0.05, 0.1) is 19.8 Å². The van der Waals surface area contributed by atoms with Crippen molar-refractivity contribution in [2.75, 3.05) is 26.1 Å². The number of nitrogens with one attached hydrogen (secondary N) is 2. The number of esters is 2. The second-order valence-corrected chi connectivity index (χ2v) is 8.38. The molecule has 34 heavy (non-hydrogen) atoms. The highest BCUT2D eigenvalue weighted by atomic mass is 32.1. The van der Waals surface area contributed by atoms with E-state index in [9.17, 15) is 32.8 Å². The van der Waals surface area contributed by atoms with Crippen LogP contribution in [0.25, 0.3) is 0 Å². The number of benzene rings is 1. The van der Waals surface area contributed by atoms with E-state index in [1.807, 2.05) is 0 Å². The van der Waals surface area contributed by atoms with Crippen LogP contribution >= 0.6 is 11.3 Å². The number of urea groups is 1. The highest BCUT2D eigenvalue weighted by molar-refractivity contribution is 7.18. The Morgan fingerprint density at radius 1 is 1.15 bits per heavy atom.